The van der Waals surface area contributed by atoms with E-state index in [2.05, 4.69) is 65.4 Å². The van der Waals surface area contributed by atoms with E-state index in [-0.39, 0.29) is 0 Å². The maximum absolute atomic E-state index is 6.03. The molecule has 2 rings (SSSR count). The van der Waals surface area contributed by atoms with Gasteiger partial charge in [0.15, 0.2) is 0 Å². The molecule has 1 N–H and O–H groups in total. The number of halogens is 2. The Kier molecular flexibility index (Phi) is 4.84. The van der Waals surface area contributed by atoms with E-state index < -0.39 is 0 Å². The van der Waals surface area contributed by atoms with Gasteiger partial charge in [-0.1, -0.05) is 41.4 Å². The highest BCUT2D eigenvalue weighted by atomic mass is 79.9. The molecule has 0 bridgehead atoms. The molecule has 0 spiro atoms. The van der Waals surface area contributed by atoms with Gasteiger partial charge in [-0.3, -0.25) is 0 Å². The van der Waals surface area contributed by atoms with Gasteiger partial charge in [0.1, 0.15) is 4.34 Å². The van der Waals surface area contributed by atoms with Crippen LogP contribution in [0.1, 0.15) is 29.0 Å². The Balaban J connectivity index is 1.98. The molecular weight excluding hydrogens is 330 g/mol. The Morgan fingerprint density at radius 2 is 2.17 bits per heavy atom. The topological polar surface area (TPSA) is 12.0 Å². The summed E-state index contributed by atoms with van der Waals surface area (Å²) in [7, 11) is 0. The zero-order valence-electron chi connectivity index (χ0n) is 10.3. The Bertz CT molecular complexity index is 519. The third-order valence-corrected chi connectivity index (χ3v) is 5.30. The molecule has 1 heterocycles. The molecule has 1 nitrogen and oxygen atoms in total. The number of nitrogens with one attached hydrogen (secondary N) is 1. The predicted molar refractivity (Wildman–Crippen MR) is 83.5 cm³/mol. The molecule has 1 aromatic carbocycles. The van der Waals surface area contributed by atoms with Crippen LogP contribution in [0.4, 0.5) is 0 Å². The SMILES string of the molecule is Cc1cccc([C@@H](C)NCc2cc(Br)c(Cl)s2)c1. The summed E-state index contributed by atoms with van der Waals surface area (Å²) < 4.78 is 1.80. The summed E-state index contributed by atoms with van der Waals surface area (Å²) in [6.07, 6.45) is 0. The first-order valence-electron chi connectivity index (χ1n) is 5.80. The number of rotatable bonds is 4. The Morgan fingerprint density at radius 3 is 2.78 bits per heavy atom. The fourth-order valence-electron chi connectivity index (χ4n) is 1.79. The highest BCUT2D eigenvalue weighted by Gasteiger charge is 2.08. The van der Waals surface area contributed by atoms with Gasteiger partial charge in [0.2, 0.25) is 0 Å². The van der Waals surface area contributed by atoms with E-state index in [1.54, 1.807) is 11.3 Å². The second-order valence-corrected chi connectivity index (χ2v) is 6.94. The van der Waals surface area contributed by atoms with Crippen LogP contribution in [0.5, 0.6) is 0 Å². The van der Waals surface area contributed by atoms with Gasteiger partial charge in [-0.25, -0.2) is 0 Å². The van der Waals surface area contributed by atoms with E-state index >= 15 is 0 Å². The van der Waals surface area contributed by atoms with E-state index in [1.807, 2.05) is 0 Å². The number of hydrogen-bond donors (Lipinski definition) is 1. The molecule has 0 fully saturated rings. The van der Waals surface area contributed by atoms with E-state index in [4.69, 9.17) is 11.6 Å². The first-order chi connectivity index (χ1) is 8.56. The molecule has 0 saturated carbocycles. The molecule has 0 unspecified atom stereocenters. The quantitative estimate of drug-likeness (QED) is 0.791. The number of benzene rings is 1. The van der Waals surface area contributed by atoms with Crippen LogP contribution in [0.25, 0.3) is 0 Å². The van der Waals surface area contributed by atoms with Gasteiger partial charge < -0.3 is 5.32 Å². The molecule has 0 aliphatic rings. The molecule has 1 aromatic heterocycles. The first-order valence-corrected chi connectivity index (χ1v) is 7.78. The lowest BCUT2D eigenvalue weighted by Crippen LogP contribution is -2.17. The molecule has 18 heavy (non-hydrogen) atoms. The lowest BCUT2D eigenvalue weighted by molar-refractivity contribution is 0.578. The van der Waals surface area contributed by atoms with Crippen molar-refractivity contribution in [2.24, 2.45) is 0 Å². The highest BCUT2D eigenvalue weighted by Crippen LogP contribution is 2.32. The fourth-order valence-corrected chi connectivity index (χ4v) is 3.53. The van der Waals surface area contributed by atoms with Crippen LogP contribution in [0.2, 0.25) is 4.34 Å². The van der Waals surface area contributed by atoms with Crippen LogP contribution in [0.3, 0.4) is 0 Å². The van der Waals surface area contributed by atoms with Crippen molar-refractivity contribution in [3.8, 4) is 0 Å². The van der Waals surface area contributed by atoms with Crippen molar-refractivity contribution in [2.45, 2.75) is 26.4 Å². The second-order valence-electron chi connectivity index (χ2n) is 4.35. The zero-order valence-corrected chi connectivity index (χ0v) is 13.5. The monoisotopic (exact) mass is 343 g/mol. The third kappa shape index (κ3) is 3.58. The molecule has 96 valence electrons. The average Bonchev–Trinajstić information content (AvgIpc) is 2.66. The fraction of sp³-hybridized carbons (Fsp3) is 0.286. The summed E-state index contributed by atoms with van der Waals surface area (Å²) >= 11 is 11.1. The lowest BCUT2D eigenvalue weighted by atomic mass is 10.1. The van der Waals surface area contributed by atoms with Crippen molar-refractivity contribution in [1.29, 1.82) is 0 Å². The van der Waals surface area contributed by atoms with Crippen molar-refractivity contribution in [2.75, 3.05) is 0 Å². The van der Waals surface area contributed by atoms with Crippen LogP contribution in [0.15, 0.2) is 34.8 Å². The van der Waals surface area contributed by atoms with E-state index in [0.717, 1.165) is 15.4 Å². The minimum Gasteiger partial charge on any atom is -0.305 e. The van der Waals surface area contributed by atoms with E-state index in [1.165, 1.54) is 16.0 Å². The van der Waals surface area contributed by atoms with Gasteiger partial charge in [-0.15, -0.1) is 11.3 Å². The second kappa shape index (κ2) is 6.20. The molecule has 1 atom stereocenters. The molecule has 2 aromatic rings. The maximum atomic E-state index is 6.03. The molecular formula is C14H15BrClNS. The Morgan fingerprint density at radius 1 is 1.39 bits per heavy atom. The minimum absolute atomic E-state index is 0.338. The third-order valence-electron chi connectivity index (χ3n) is 2.82. The highest BCUT2D eigenvalue weighted by molar-refractivity contribution is 9.10. The molecule has 0 amide bonds. The van der Waals surface area contributed by atoms with Gasteiger partial charge in [0.05, 0.1) is 0 Å². The number of thiophene rings is 1. The summed E-state index contributed by atoms with van der Waals surface area (Å²) in [5.41, 5.74) is 2.61. The van der Waals surface area contributed by atoms with Gasteiger partial charge in [-0.2, -0.15) is 0 Å². The molecule has 0 aliphatic carbocycles. The summed E-state index contributed by atoms with van der Waals surface area (Å²) in [5, 5.41) is 3.51. The average molecular weight is 345 g/mol. The number of aryl methyl sites for hydroxylation is 1. The smallest absolute Gasteiger partial charge is 0.107 e. The van der Waals surface area contributed by atoms with Crippen molar-refractivity contribution in [3.05, 3.63) is 55.1 Å². The first kappa shape index (κ1) is 14.1. The van der Waals surface area contributed by atoms with Crippen molar-refractivity contribution >= 4 is 38.9 Å². The van der Waals surface area contributed by atoms with E-state index in [0.29, 0.717) is 6.04 Å². The van der Waals surface area contributed by atoms with Gasteiger partial charge >= 0.3 is 0 Å². The van der Waals surface area contributed by atoms with E-state index in [9.17, 15) is 0 Å². The molecule has 0 saturated heterocycles. The zero-order chi connectivity index (χ0) is 13.1. The van der Waals surface area contributed by atoms with Gasteiger partial charge in [0.25, 0.3) is 0 Å². The normalized spacial score (nSPS) is 12.7. The largest absolute Gasteiger partial charge is 0.305 e. The summed E-state index contributed by atoms with van der Waals surface area (Å²) in [6.45, 7) is 5.14. The molecule has 0 radical (unpaired) electrons. The van der Waals surface area contributed by atoms with Gasteiger partial charge in [-0.05, 0) is 41.4 Å². The Hall–Kier alpha value is -0.350. The van der Waals surface area contributed by atoms with Crippen LogP contribution in [-0.4, -0.2) is 0 Å². The lowest BCUT2D eigenvalue weighted by Gasteiger charge is -2.14. The maximum Gasteiger partial charge on any atom is 0.107 e. The summed E-state index contributed by atoms with van der Waals surface area (Å²) in [4.78, 5) is 1.24. The standard InChI is InChI=1S/C14H15BrClNS/c1-9-4-3-5-11(6-9)10(2)17-8-12-7-13(15)14(16)18-12/h3-7,10,17H,8H2,1-2H3/t10-/m1/s1. The summed E-state index contributed by atoms with van der Waals surface area (Å²) in [5.74, 6) is 0. The molecule has 4 heteroatoms. The van der Waals surface area contributed by atoms with Crippen LogP contribution >= 0.6 is 38.9 Å². The summed E-state index contributed by atoms with van der Waals surface area (Å²) in [6, 6.07) is 11.0. The van der Waals surface area contributed by atoms with Crippen LogP contribution < -0.4 is 5.32 Å². The van der Waals surface area contributed by atoms with Crippen molar-refractivity contribution in [1.82, 2.24) is 5.32 Å². The van der Waals surface area contributed by atoms with Gasteiger partial charge in [0, 0.05) is 21.9 Å². The van der Waals surface area contributed by atoms with Crippen LogP contribution in [0, 0.1) is 6.92 Å². The number of hydrogen-bond acceptors (Lipinski definition) is 2. The minimum atomic E-state index is 0.338. The van der Waals surface area contributed by atoms with Crippen LogP contribution in [-0.2, 0) is 6.54 Å². The predicted octanol–water partition coefficient (Wildman–Crippen LogP) is 5.32. The Labute approximate surface area is 125 Å². The van der Waals surface area contributed by atoms with Crippen molar-refractivity contribution in [3.63, 3.8) is 0 Å². The van der Waals surface area contributed by atoms with Crippen molar-refractivity contribution < 1.29 is 0 Å². The molecule has 0 aliphatic heterocycles.